The SMILES string of the molecule is CC(=O)N(C)Cc1cccc(NC(=O)C(C)Oc2ccc(C(C)(C)C)cc2)c1. The Morgan fingerprint density at radius 2 is 1.75 bits per heavy atom. The zero-order chi connectivity index (χ0) is 20.9. The number of carbonyl (C=O) groups is 2. The van der Waals surface area contributed by atoms with Crippen LogP contribution in [0.5, 0.6) is 5.75 Å². The molecule has 0 bridgehead atoms. The molecule has 1 unspecified atom stereocenters. The molecule has 150 valence electrons. The quantitative estimate of drug-likeness (QED) is 0.807. The summed E-state index contributed by atoms with van der Waals surface area (Å²) in [5, 5.41) is 2.87. The van der Waals surface area contributed by atoms with Gasteiger partial charge in [0.15, 0.2) is 6.10 Å². The normalized spacial score (nSPS) is 12.2. The van der Waals surface area contributed by atoms with Gasteiger partial charge in [0.2, 0.25) is 5.91 Å². The molecule has 0 fully saturated rings. The average Bonchev–Trinajstić information content (AvgIpc) is 2.61. The Morgan fingerprint density at radius 1 is 1.11 bits per heavy atom. The second-order valence-corrected chi connectivity index (χ2v) is 8.10. The largest absolute Gasteiger partial charge is 0.481 e. The van der Waals surface area contributed by atoms with E-state index < -0.39 is 6.10 Å². The van der Waals surface area contributed by atoms with Gasteiger partial charge in [0, 0.05) is 26.2 Å². The third kappa shape index (κ3) is 6.12. The van der Waals surface area contributed by atoms with Gasteiger partial charge in [0.25, 0.3) is 5.91 Å². The van der Waals surface area contributed by atoms with Crippen LogP contribution in [-0.2, 0) is 21.5 Å². The number of benzene rings is 2. The van der Waals surface area contributed by atoms with Crippen molar-refractivity contribution in [2.24, 2.45) is 0 Å². The molecule has 0 aromatic heterocycles. The van der Waals surface area contributed by atoms with Crippen LogP contribution in [0.4, 0.5) is 5.69 Å². The summed E-state index contributed by atoms with van der Waals surface area (Å²) in [6.07, 6.45) is -0.635. The van der Waals surface area contributed by atoms with Gasteiger partial charge in [0.05, 0.1) is 0 Å². The number of carbonyl (C=O) groups excluding carboxylic acids is 2. The topological polar surface area (TPSA) is 58.6 Å². The van der Waals surface area contributed by atoms with Crippen LogP contribution >= 0.6 is 0 Å². The van der Waals surface area contributed by atoms with Crippen LogP contribution < -0.4 is 10.1 Å². The van der Waals surface area contributed by atoms with E-state index in [-0.39, 0.29) is 17.2 Å². The number of nitrogens with zero attached hydrogens (tertiary/aromatic N) is 1. The number of hydrogen-bond donors (Lipinski definition) is 1. The van der Waals surface area contributed by atoms with Crippen LogP contribution in [0.2, 0.25) is 0 Å². The van der Waals surface area contributed by atoms with Crippen molar-refractivity contribution in [2.75, 3.05) is 12.4 Å². The van der Waals surface area contributed by atoms with E-state index in [1.54, 1.807) is 18.9 Å². The van der Waals surface area contributed by atoms with E-state index in [9.17, 15) is 9.59 Å². The minimum atomic E-state index is -0.635. The highest BCUT2D eigenvalue weighted by atomic mass is 16.5. The molecule has 0 saturated carbocycles. The van der Waals surface area contributed by atoms with E-state index >= 15 is 0 Å². The van der Waals surface area contributed by atoms with Crippen LogP contribution in [0.15, 0.2) is 48.5 Å². The Bertz CT molecular complexity index is 822. The lowest BCUT2D eigenvalue weighted by molar-refractivity contribution is -0.128. The molecular weight excluding hydrogens is 352 g/mol. The van der Waals surface area contributed by atoms with E-state index in [2.05, 4.69) is 26.1 Å². The van der Waals surface area contributed by atoms with Gasteiger partial charge < -0.3 is 15.0 Å². The molecule has 2 amide bonds. The third-order valence-electron chi connectivity index (χ3n) is 4.55. The molecule has 1 N–H and O–H groups in total. The van der Waals surface area contributed by atoms with Crippen molar-refractivity contribution < 1.29 is 14.3 Å². The molecule has 2 aromatic rings. The Balaban J connectivity index is 1.98. The number of rotatable bonds is 6. The fourth-order valence-electron chi connectivity index (χ4n) is 2.67. The Labute approximate surface area is 167 Å². The molecule has 0 aliphatic heterocycles. The van der Waals surface area contributed by atoms with Crippen molar-refractivity contribution in [3.63, 3.8) is 0 Å². The second-order valence-electron chi connectivity index (χ2n) is 8.10. The van der Waals surface area contributed by atoms with Gasteiger partial charge in [-0.2, -0.15) is 0 Å². The number of ether oxygens (including phenoxy) is 1. The molecule has 0 saturated heterocycles. The van der Waals surface area contributed by atoms with Crippen molar-refractivity contribution in [3.8, 4) is 5.75 Å². The van der Waals surface area contributed by atoms with Crippen molar-refractivity contribution in [1.82, 2.24) is 4.90 Å². The number of anilines is 1. The smallest absolute Gasteiger partial charge is 0.265 e. The maximum absolute atomic E-state index is 12.5. The van der Waals surface area contributed by atoms with Crippen LogP contribution in [0.3, 0.4) is 0 Å². The highest BCUT2D eigenvalue weighted by molar-refractivity contribution is 5.94. The van der Waals surface area contributed by atoms with E-state index in [0.29, 0.717) is 18.0 Å². The first kappa shape index (κ1) is 21.5. The van der Waals surface area contributed by atoms with Gasteiger partial charge in [-0.3, -0.25) is 9.59 Å². The summed E-state index contributed by atoms with van der Waals surface area (Å²) >= 11 is 0. The van der Waals surface area contributed by atoms with E-state index in [0.717, 1.165) is 5.56 Å². The standard InChI is InChI=1S/C23H30N2O3/c1-16(28-21-12-10-19(11-13-21)23(3,4)5)22(27)24-20-9-7-8-18(14-20)15-25(6)17(2)26/h7-14,16H,15H2,1-6H3,(H,24,27). The van der Waals surface area contributed by atoms with E-state index in [4.69, 9.17) is 4.74 Å². The first-order valence-electron chi connectivity index (χ1n) is 9.45. The monoisotopic (exact) mass is 382 g/mol. The lowest BCUT2D eigenvalue weighted by Crippen LogP contribution is -2.30. The minimum Gasteiger partial charge on any atom is -0.481 e. The molecule has 1 atom stereocenters. The molecule has 0 spiro atoms. The van der Waals surface area contributed by atoms with Crippen molar-refractivity contribution in [1.29, 1.82) is 0 Å². The maximum Gasteiger partial charge on any atom is 0.265 e. The zero-order valence-corrected chi connectivity index (χ0v) is 17.6. The predicted molar refractivity (Wildman–Crippen MR) is 112 cm³/mol. The van der Waals surface area contributed by atoms with Gasteiger partial charge in [0.1, 0.15) is 5.75 Å². The van der Waals surface area contributed by atoms with Crippen molar-refractivity contribution in [2.45, 2.75) is 52.7 Å². The van der Waals surface area contributed by atoms with Crippen LogP contribution in [0, 0.1) is 0 Å². The van der Waals surface area contributed by atoms with Gasteiger partial charge in [-0.15, -0.1) is 0 Å². The number of amides is 2. The molecule has 0 radical (unpaired) electrons. The Morgan fingerprint density at radius 3 is 2.32 bits per heavy atom. The second kappa shape index (κ2) is 8.91. The summed E-state index contributed by atoms with van der Waals surface area (Å²) in [4.78, 5) is 25.5. The van der Waals surface area contributed by atoms with E-state index in [1.165, 1.54) is 12.5 Å². The van der Waals surface area contributed by atoms with Crippen molar-refractivity contribution >= 4 is 17.5 Å². The van der Waals surface area contributed by atoms with Gasteiger partial charge >= 0.3 is 0 Å². The molecule has 0 aliphatic rings. The van der Waals surface area contributed by atoms with Crippen LogP contribution in [-0.4, -0.2) is 29.9 Å². The Hall–Kier alpha value is -2.82. The molecule has 5 heteroatoms. The average molecular weight is 383 g/mol. The predicted octanol–water partition coefficient (Wildman–Crippen LogP) is 4.37. The van der Waals surface area contributed by atoms with Gasteiger partial charge in [-0.25, -0.2) is 0 Å². The molecule has 0 heterocycles. The number of nitrogens with one attached hydrogen (secondary N) is 1. The molecule has 2 rings (SSSR count). The summed E-state index contributed by atoms with van der Waals surface area (Å²) in [6.45, 7) is 10.2. The van der Waals surface area contributed by atoms with E-state index in [1.807, 2.05) is 48.5 Å². The molecular formula is C23H30N2O3. The van der Waals surface area contributed by atoms with Crippen LogP contribution in [0.1, 0.15) is 45.7 Å². The van der Waals surface area contributed by atoms with Gasteiger partial charge in [-0.1, -0.05) is 45.0 Å². The summed E-state index contributed by atoms with van der Waals surface area (Å²) in [7, 11) is 1.74. The first-order valence-corrected chi connectivity index (χ1v) is 9.45. The van der Waals surface area contributed by atoms with Gasteiger partial charge in [-0.05, 0) is 47.7 Å². The zero-order valence-electron chi connectivity index (χ0n) is 17.6. The first-order chi connectivity index (χ1) is 13.1. The lowest BCUT2D eigenvalue weighted by atomic mass is 9.87. The molecule has 0 aliphatic carbocycles. The number of hydrogen-bond acceptors (Lipinski definition) is 3. The summed E-state index contributed by atoms with van der Waals surface area (Å²) in [6, 6.07) is 15.3. The highest BCUT2D eigenvalue weighted by Gasteiger charge is 2.17. The van der Waals surface area contributed by atoms with Crippen LogP contribution in [0.25, 0.3) is 0 Å². The highest BCUT2D eigenvalue weighted by Crippen LogP contribution is 2.24. The fraction of sp³-hybridized carbons (Fsp3) is 0.391. The summed E-state index contributed by atoms with van der Waals surface area (Å²) in [5.41, 5.74) is 2.91. The van der Waals surface area contributed by atoms with Crippen molar-refractivity contribution in [3.05, 3.63) is 59.7 Å². The lowest BCUT2D eigenvalue weighted by Gasteiger charge is -2.20. The summed E-state index contributed by atoms with van der Waals surface area (Å²) in [5.74, 6) is 0.429. The maximum atomic E-state index is 12.5. The molecule has 28 heavy (non-hydrogen) atoms. The minimum absolute atomic E-state index is 0.00561. The Kier molecular flexibility index (Phi) is 6.84. The molecule has 5 nitrogen and oxygen atoms in total. The third-order valence-corrected chi connectivity index (χ3v) is 4.55. The molecule has 2 aromatic carbocycles. The summed E-state index contributed by atoms with van der Waals surface area (Å²) < 4.78 is 5.78. The fourth-order valence-corrected chi connectivity index (χ4v) is 2.67.